The number of hydrogen-bond acceptors (Lipinski definition) is 2. The van der Waals surface area contributed by atoms with Crippen LogP contribution in [0.1, 0.15) is 72.5 Å². The summed E-state index contributed by atoms with van der Waals surface area (Å²) < 4.78 is 0. The molecule has 1 heterocycles. The third-order valence-electron chi connectivity index (χ3n) is 5.45. The number of pyridine rings is 1. The van der Waals surface area contributed by atoms with Gasteiger partial charge in [-0.25, -0.2) is 4.98 Å². The van der Waals surface area contributed by atoms with Gasteiger partial charge in [-0.15, -0.1) is 0 Å². The lowest BCUT2D eigenvalue weighted by atomic mass is 9.88. The Morgan fingerprint density at radius 2 is 1.86 bits per heavy atom. The van der Waals surface area contributed by atoms with Crippen molar-refractivity contribution in [1.29, 1.82) is 5.26 Å². The predicted molar refractivity (Wildman–Crippen MR) is 119 cm³/mol. The van der Waals surface area contributed by atoms with Crippen LogP contribution < -0.4 is 0 Å². The number of unbranched alkanes of at least 4 members (excludes halogenated alkanes) is 1. The van der Waals surface area contributed by atoms with E-state index in [1.165, 1.54) is 41.3 Å². The number of rotatable bonds is 6. The number of nitrogens with zero attached hydrogens (tertiary/aromatic N) is 2. The third-order valence-corrected chi connectivity index (χ3v) is 5.45. The highest BCUT2D eigenvalue weighted by Crippen LogP contribution is 2.33. The van der Waals surface area contributed by atoms with Crippen molar-refractivity contribution < 1.29 is 0 Å². The van der Waals surface area contributed by atoms with Gasteiger partial charge in [0.1, 0.15) is 0 Å². The summed E-state index contributed by atoms with van der Waals surface area (Å²) in [7, 11) is 0. The molecule has 2 heteroatoms. The van der Waals surface area contributed by atoms with Crippen molar-refractivity contribution in [2.24, 2.45) is 0 Å². The van der Waals surface area contributed by atoms with Gasteiger partial charge in [-0.3, -0.25) is 0 Å². The molecule has 0 aliphatic carbocycles. The Labute approximate surface area is 168 Å². The second-order valence-corrected chi connectivity index (χ2v) is 7.63. The van der Waals surface area contributed by atoms with Crippen LogP contribution in [0, 0.1) is 25.2 Å². The van der Waals surface area contributed by atoms with E-state index in [1.807, 2.05) is 36.4 Å². The molecule has 0 radical (unpaired) electrons. The third kappa shape index (κ3) is 4.15. The molecule has 28 heavy (non-hydrogen) atoms. The first-order chi connectivity index (χ1) is 13.5. The fourth-order valence-corrected chi connectivity index (χ4v) is 3.95. The van der Waals surface area contributed by atoms with E-state index in [2.05, 4.69) is 52.0 Å². The standard InChI is InChI=1S/C26H28N2/c1-5-6-9-18(2)25-20(4)16-19(3)24-15-14-23(28-26(24)25)13-12-21-10-7-8-11-22(21)17-27/h7-8,10-16,18H,5-6,9H2,1-4H3. The second-order valence-electron chi connectivity index (χ2n) is 7.63. The van der Waals surface area contributed by atoms with E-state index in [0.29, 0.717) is 11.5 Å². The highest BCUT2D eigenvalue weighted by molar-refractivity contribution is 5.88. The van der Waals surface area contributed by atoms with Gasteiger partial charge in [0.25, 0.3) is 0 Å². The summed E-state index contributed by atoms with van der Waals surface area (Å²) in [4.78, 5) is 5.03. The maximum atomic E-state index is 9.29. The van der Waals surface area contributed by atoms with E-state index in [9.17, 15) is 5.26 Å². The van der Waals surface area contributed by atoms with E-state index >= 15 is 0 Å². The van der Waals surface area contributed by atoms with Crippen LogP contribution in [-0.4, -0.2) is 4.98 Å². The molecule has 0 saturated carbocycles. The molecule has 0 spiro atoms. The van der Waals surface area contributed by atoms with E-state index in [0.717, 1.165) is 16.8 Å². The largest absolute Gasteiger partial charge is 0.248 e. The molecule has 0 bridgehead atoms. The Bertz CT molecular complexity index is 1050. The smallest absolute Gasteiger partial charge is 0.0997 e. The van der Waals surface area contributed by atoms with E-state index in [1.54, 1.807) is 0 Å². The van der Waals surface area contributed by atoms with Gasteiger partial charge >= 0.3 is 0 Å². The Morgan fingerprint density at radius 3 is 2.61 bits per heavy atom. The minimum atomic E-state index is 0.495. The van der Waals surface area contributed by atoms with Crippen LogP contribution in [0.5, 0.6) is 0 Å². The molecule has 0 amide bonds. The number of benzene rings is 2. The van der Waals surface area contributed by atoms with Crippen LogP contribution in [0.2, 0.25) is 0 Å². The summed E-state index contributed by atoms with van der Waals surface area (Å²) >= 11 is 0. The molecular formula is C26H28N2. The molecule has 1 aromatic heterocycles. The average Bonchev–Trinajstić information content (AvgIpc) is 2.70. The van der Waals surface area contributed by atoms with Gasteiger partial charge in [-0.2, -0.15) is 5.26 Å². The predicted octanol–water partition coefficient (Wildman–Crippen LogP) is 7.19. The van der Waals surface area contributed by atoms with Crippen molar-refractivity contribution in [2.45, 2.75) is 52.9 Å². The number of hydrogen-bond donors (Lipinski definition) is 0. The van der Waals surface area contributed by atoms with Crippen molar-refractivity contribution in [3.05, 3.63) is 76.0 Å². The molecule has 0 aliphatic heterocycles. The van der Waals surface area contributed by atoms with Gasteiger partial charge in [0, 0.05) is 5.39 Å². The minimum Gasteiger partial charge on any atom is -0.248 e. The Balaban J connectivity index is 2.06. The average molecular weight is 369 g/mol. The number of fused-ring (bicyclic) bond motifs is 1. The summed E-state index contributed by atoms with van der Waals surface area (Å²) in [6.45, 7) is 8.93. The molecular weight excluding hydrogens is 340 g/mol. The lowest BCUT2D eigenvalue weighted by Crippen LogP contribution is -2.02. The van der Waals surface area contributed by atoms with Gasteiger partial charge in [0.2, 0.25) is 0 Å². The lowest BCUT2D eigenvalue weighted by molar-refractivity contribution is 0.624. The summed E-state index contributed by atoms with van der Waals surface area (Å²) in [6.07, 6.45) is 7.63. The molecule has 0 N–H and O–H groups in total. The zero-order valence-electron chi connectivity index (χ0n) is 17.3. The molecule has 0 aliphatic rings. The maximum absolute atomic E-state index is 9.29. The molecule has 142 valence electrons. The SMILES string of the molecule is CCCCC(C)c1c(C)cc(C)c2ccc(C=Cc3ccccc3C#N)nc12. The molecule has 3 rings (SSSR count). The van der Waals surface area contributed by atoms with Crippen molar-refractivity contribution in [1.82, 2.24) is 4.98 Å². The fraction of sp³-hybridized carbons (Fsp3) is 0.308. The van der Waals surface area contributed by atoms with Crippen LogP contribution in [0.25, 0.3) is 23.1 Å². The highest BCUT2D eigenvalue weighted by Gasteiger charge is 2.15. The van der Waals surface area contributed by atoms with Gasteiger partial charge in [0.15, 0.2) is 0 Å². The molecule has 0 saturated heterocycles. The van der Waals surface area contributed by atoms with Crippen LogP contribution in [-0.2, 0) is 0 Å². The van der Waals surface area contributed by atoms with Crippen molar-refractivity contribution in [3.8, 4) is 6.07 Å². The molecule has 2 aromatic carbocycles. The monoisotopic (exact) mass is 368 g/mol. The zero-order chi connectivity index (χ0) is 20.1. The first-order valence-electron chi connectivity index (χ1n) is 10.1. The Hall–Kier alpha value is -2.92. The first-order valence-corrected chi connectivity index (χ1v) is 10.1. The van der Waals surface area contributed by atoms with Crippen LogP contribution in [0.3, 0.4) is 0 Å². The second kappa shape index (κ2) is 8.85. The van der Waals surface area contributed by atoms with Crippen LogP contribution >= 0.6 is 0 Å². The van der Waals surface area contributed by atoms with E-state index in [-0.39, 0.29) is 0 Å². The summed E-state index contributed by atoms with van der Waals surface area (Å²) in [5.74, 6) is 0.495. The number of aryl methyl sites for hydroxylation is 2. The number of nitriles is 1. The molecule has 3 aromatic rings. The van der Waals surface area contributed by atoms with Gasteiger partial charge in [-0.05, 0) is 66.6 Å². The van der Waals surface area contributed by atoms with Crippen LogP contribution in [0.4, 0.5) is 0 Å². The molecule has 2 nitrogen and oxygen atoms in total. The summed E-state index contributed by atoms with van der Waals surface area (Å²) in [5, 5.41) is 10.5. The van der Waals surface area contributed by atoms with Crippen molar-refractivity contribution in [3.63, 3.8) is 0 Å². The molecule has 1 unspecified atom stereocenters. The summed E-state index contributed by atoms with van der Waals surface area (Å²) in [6, 6.07) is 16.4. The van der Waals surface area contributed by atoms with Crippen molar-refractivity contribution >= 4 is 23.1 Å². The van der Waals surface area contributed by atoms with Gasteiger partial charge < -0.3 is 0 Å². The van der Waals surface area contributed by atoms with Crippen LogP contribution in [0.15, 0.2) is 42.5 Å². The lowest BCUT2D eigenvalue weighted by Gasteiger charge is -2.18. The highest BCUT2D eigenvalue weighted by atomic mass is 14.7. The normalized spacial score (nSPS) is 12.4. The quantitative estimate of drug-likeness (QED) is 0.462. The van der Waals surface area contributed by atoms with Gasteiger partial charge in [-0.1, -0.05) is 63.1 Å². The Kier molecular flexibility index (Phi) is 6.26. The minimum absolute atomic E-state index is 0.495. The van der Waals surface area contributed by atoms with Gasteiger partial charge in [0.05, 0.1) is 22.8 Å². The summed E-state index contributed by atoms with van der Waals surface area (Å²) in [5.41, 5.74) is 7.63. The molecule has 1 atom stereocenters. The maximum Gasteiger partial charge on any atom is 0.0997 e. The van der Waals surface area contributed by atoms with E-state index < -0.39 is 0 Å². The number of aromatic nitrogens is 1. The topological polar surface area (TPSA) is 36.7 Å². The zero-order valence-corrected chi connectivity index (χ0v) is 17.3. The van der Waals surface area contributed by atoms with E-state index in [4.69, 9.17) is 4.98 Å². The first kappa shape index (κ1) is 19.8. The molecule has 0 fully saturated rings. The van der Waals surface area contributed by atoms with Crippen molar-refractivity contribution in [2.75, 3.05) is 0 Å². The Morgan fingerprint density at radius 1 is 1.07 bits per heavy atom. The fourth-order valence-electron chi connectivity index (χ4n) is 3.95.